The van der Waals surface area contributed by atoms with Gasteiger partial charge in [0.25, 0.3) is 0 Å². The Morgan fingerprint density at radius 3 is 2.35 bits per heavy atom. The topological polar surface area (TPSA) is 44.4 Å². The predicted octanol–water partition coefficient (Wildman–Crippen LogP) is 3.59. The van der Waals surface area contributed by atoms with Crippen molar-refractivity contribution in [3.8, 4) is 0 Å². The normalized spacial score (nSPS) is 12.2. The average Bonchev–Trinajstić information content (AvgIpc) is 2.45. The number of nitrogens with zero attached hydrogens (tertiary/aromatic N) is 1. The highest BCUT2D eigenvalue weighted by atomic mass is 16.2. The molecule has 2 N–H and O–H groups in total. The third-order valence-corrected chi connectivity index (χ3v) is 4.40. The van der Waals surface area contributed by atoms with Gasteiger partial charge in [0.05, 0.1) is 5.54 Å². The number of urea groups is 1. The van der Waals surface area contributed by atoms with Crippen LogP contribution in [-0.4, -0.2) is 37.1 Å². The molecule has 0 aliphatic rings. The Bertz CT molecular complexity index is 574. The number of amides is 2. The van der Waals surface area contributed by atoms with Crippen LogP contribution in [0.2, 0.25) is 0 Å². The highest BCUT2D eigenvalue weighted by molar-refractivity contribution is 5.75. The van der Waals surface area contributed by atoms with Crippen molar-refractivity contribution in [1.29, 1.82) is 0 Å². The fourth-order valence-corrected chi connectivity index (χ4v) is 2.03. The Morgan fingerprint density at radius 1 is 1.22 bits per heavy atom. The van der Waals surface area contributed by atoms with Crippen LogP contribution in [0.1, 0.15) is 45.7 Å². The maximum Gasteiger partial charge on any atom is 0.315 e. The maximum atomic E-state index is 12.3. The van der Waals surface area contributed by atoms with Crippen molar-refractivity contribution in [3.63, 3.8) is 0 Å². The minimum atomic E-state index is -0.461. The fraction of sp³-hybridized carbons (Fsp3) is 0.526. The number of carbonyl (C=O) groups excluding carboxylic acids is 1. The summed E-state index contributed by atoms with van der Waals surface area (Å²) in [5.74, 6) is 0. The van der Waals surface area contributed by atoms with E-state index in [0.29, 0.717) is 6.54 Å². The highest BCUT2D eigenvalue weighted by Gasteiger charge is 2.25. The van der Waals surface area contributed by atoms with Gasteiger partial charge in [-0.15, -0.1) is 0 Å². The molecule has 23 heavy (non-hydrogen) atoms. The van der Waals surface area contributed by atoms with Gasteiger partial charge in [-0.25, -0.2) is 4.79 Å². The monoisotopic (exact) mass is 317 g/mol. The molecule has 0 aliphatic heterocycles. The van der Waals surface area contributed by atoms with Gasteiger partial charge in [-0.2, -0.15) is 0 Å². The maximum absolute atomic E-state index is 12.3. The zero-order chi connectivity index (χ0) is 17.8. The second kappa shape index (κ2) is 7.18. The van der Waals surface area contributed by atoms with Crippen LogP contribution in [0.15, 0.2) is 30.8 Å². The Kier molecular flexibility index (Phi) is 6.00. The lowest BCUT2D eigenvalue weighted by atomic mass is 9.92. The van der Waals surface area contributed by atoms with Crippen LogP contribution in [0, 0.1) is 0 Å². The summed E-state index contributed by atoms with van der Waals surface area (Å²) in [6.45, 7) is 14.7. The third kappa shape index (κ3) is 5.39. The number of nitrogens with one attached hydrogen (secondary N) is 2. The number of benzene rings is 1. The first kappa shape index (κ1) is 19.2. The van der Waals surface area contributed by atoms with Gasteiger partial charge < -0.3 is 15.5 Å². The average molecular weight is 317 g/mol. The molecular formula is C19H31N3O. The molecule has 0 atom stereocenters. The standard InChI is InChI=1S/C19H31N3O/c1-14(2)15-10-9-11-16(12-15)19(5,6)21-17(23)20-13-18(3,4)22(7)8/h9-12H,1,13H2,2-8H3,(H2,20,21,23). The van der Waals surface area contributed by atoms with Crippen LogP contribution in [0.3, 0.4) is 0 Å². The second-order valence-electron chi connectivity index (χ2n) is 7.50. The number of hydrogen-bond acceptors (Lipinski definition) is 2. The lowest BCUT2D eigenvalue weighted by Gasteiger charge is -2.34. The van der Waals surface area contributed by atoms with Crippen LogP contribution in [-0.2, 0) is 5.54 Å². The van der Waals surface area contributed by atoms with Crippen molar-refractivity contribution < 1.29 is 4.79 Å². The van der Waals surface area contributed by atoms with Crippen LogP contribution >= 0.6 is 0 Å². The van der Waals surface area contributed by atoms with Gasteiger partial charge in [0.15, 0.2) is 0 Å². The van der Waals surface area contributed by atoms with E-state index in [2.05, 4.69) is 42.0 Å². The Hall–Kier alpha value is -1.81. The smallest absolute Gasteiger partial charge is 0.315 e. The van der Waals surface area contributed by atoms with E-state index in [0.717, 1.165) is 16.7 Å². The van der Waals surface area contributed by atoms with Crippen molar-refractivity contribution in [2.75, 3.05) is 20.6 Å². The summed E-state index contributed by atoms with van der Waals surface area (Å²) in [4.78, 5) is 14.4. The minimum absolute atomic E-state index is 0.0959. The molecule has 0 heterocycles. The summed E-state index contributed by atoms with van der Waals surface area (Å²) in [5, 5.41) is 6.01. The van der Waals surface area contributed by atoms with Gasteiger partial charge in [-0.1, -0.05) is 30.4 Å². The van der Waals surface area contributed by atoms with E-state index >= 15 is 0 Å². The molecule has 1 aromatic rings. The zero-order valence-electron chi connectivity index (χ0n) is 15.6. The lowest BCUT2D eigenvalue weighted by Crippen LogP contribution is -2.53. The molecule has 0 unspecified atom stereocenters. The summed E-state index contributed by atoms with van der Waals surface area (Å²) in [7, 11) is 4.01. The number of carbonyl (C=O) groups is 1. The van der Waals surface area contributed by atoms with Gasteiger partial charge in [-0.3, -0.25) is 0 Å². The van der Waals surface area contributed by atoms with Gasteiger partial charge in [0.1, 0.15) is 0 Å². The molecule has 2 amide bonds. The zero-order valence-corrected chi connectivity index (χ0v) is 15.6. The molecule has 0 saturated heterocycles. The summed E-state index contributed by atoms with van der Waals surface area (Å²) in [5.41, 5.74) is 2.60. The summed E-state index contributed by atoms with van der Waals surface area (Å²) in [6, 6.07) is 7.96. The second-order valence-corrected chi connectivity index (χ2v) is 7.50. The SMILES string of the molecule is C=C(C)c1cccc(C(C)(C)NC(=O)NCC(C)(C)N(C)C)c1. The van der Waals surface area contributed by atoms with E-state index in [-0.39, 0.29) is 11.6 Å². The predicted molar refractivity (Wildman–Crippen MR) is 98.5 cm³/mol. The fourth-order valence-electron chi connectivity index (χ4n) is 2.03. The van der Waals surface area contributed by atoms with Crippen molar-refractivity contribution in [2.24, 2.45) is 0 Å². The molecule has 1 aromatic carbocycles. The quantitative estimate of drug-likeness (QED) is 0.842. The highest BCUT2D eigenvalue weighted by Crippen LogP contribution is 2.23. The Morgan fingerprint density at radius 2 is 1.83 bits per heavy atom. The molecule has 0 radical (unpaired) electrons. The van der Waals surface area contributed by atoms with Crippen LogP contribution in [0.5, 0.6) is 0 Å². The summed E-state index contributed by atoms with van der Waals surface area (Å²) >= 11 is 0. The molecule has 4 heteroatoms. The van der Waals surface area contributed by atoms with Crippen molar-refractivity contribution in [1.82, 2.24) is 15.5 Å². The number of hydrogen-bond donors (Lipinski definition) is 2. The summed E-state index contributed by atoms with van der Waals surface area (Å²) in [6.07, 6.45) is 0. The van der Waals surface area contributed by atoms with E-state index in [1.165, 1.54) is 0 Å². The van der Waals surface area contributed by atoms with E-state index < -0.39 is 5.54 Å². The molecule has 128 valence electrons. The van der Waals surface area contributed by atoms with E-state index in [4.69, 9.17) is 0 Å². The van der Waals surface area contributed by atoms with Crippen LogP contribution in [0.4, 0.5) is 4.79 Å². The van der Waals surface area contributed by atoms with Crippen molar-refractivity contribution in [2.45, 2.75) is 45.7 Å². The molecular weight excluding hydrogens is 286 g/mol. The Balaban J connectivity index is 2.76. The third-order valence-electron chi connectivity index (χ3n) is 4.40. The number of rotatable bonds is 6. The first-order valence-electron chi connectivity index (χ1n) is 7.95. The molecule has 0 saturated carbocycles. The molecule has 0 spiro atoms. The lowest BCUT2D eigenvalue weighted by molar-refractivity contribution is 0.183. The van der Waals surface area contributed by atoms with E-state index in [9.17, 15) is 4.79 Å². The minimum Gasteiger partial charge on any atom is -0.336 e. The Labute approximate surface area is 141 Å². The molecule has 4 nitrogen and oxygen atoms in total. The molecule has 1 rings (SSSR count). The molecule has 0 fully saturated rings. The van der Waals surface area contributed by atoms with Crippen molar-refractivity contribution >= 4 is 11.6 Å². The summed E-state index contributed by atoms with van der Waals surface area (Å²) < 4.78 is 0. The van der Waals surface area contributed by atoms with Crippen LogP contribution < -0.4 is 10.6 Å². The molecule has 0 aliphatic carbocycles. The first-order chi connectivity index (χ1) is 10.5. The molecule has 0 bridgehead atoms. The van der Waals surface area contributed by atoms with Gasteiger partial charge in [-0.05, 0) is 65.9 Å². The van der Waals surface area contributed by atoms with Gasteiger partial charge >= 0.3 is 6.03 Å². The van der Waals surface area contributed by atoms with Gasteiger partial charge in [0, 0.05) is 12.1 Å². The largest absolute Gasteiger partial charge is 0.336 e. The number of likely N-dealkylation sites (N-methyl/N-ethyl adjacent to an activating group) is 1. The van der Waals surface area contributed by atoms with Crippen molar-refractivity contribution in [3.05, 3.63) is 42.0 Å². The van der Waals surface area contributed by atoms with Gasteiger partial charge in [0.2, 0.25) is 0 Å². The first-order valence-corrected chi connectivity index (χ1v) is 7.95. The number of allylic oxidation sites excluding steroid dienone is 1. The van der Waals surface area contributed by atoms with E-state index in [1.807, 2.05) is 53.1 Å². The van der Waals surface area contributed by atoms with Crippen LogP contribution in [0.25, 0.3) is 5.57 Å². The molecule has 0 aromatic heterocycles. The van der Waals surface area contributed by atoms with E-state index in [1.54, 1.807) is 0 Å².